The molecule has 31 heavy (non-hydrogen) atoms. The number of ether oxygens (including phenoxy) is 2. The molecule has 5 heteroatoms. The molecule has 1 N–H and O–H groups in total. The number of halogens is 2. The van der Waals surface area contributed by atoms with Crippen molar-refractivity contribution in [2.75, 3.05) is 13.2 Å². The molecule has 172 valence electrons. The molecule has 0 aliphatic rings. The van der Waals surface area contributed by atoms with Crippen LogP contribution in [-0.4, -0.2) is 24.3 Å². The van der Waals surface area contributed by atoms with E-state index in [2.05, 4.69) is 6.92 Å². The third kappa shape index (κ3) is 7.37. The molecule has 0 radical (unpaired) electrons. The molecular weight excluding hydrogens is 398 g/mol. The van der Waals surface area contributed by atoms with Crippen LogP contribution in [0.25, 0.3) is 11.1 Å². The molecule has 2 aromatic rings. The molecule has 2 rings (SSSR count). The molecule has 0 fully saturated rings. The Labute approximate surface area is 185 Å². The van der Waals surface area contributed by atoms with Gasteiger partial charge in [-0.25, -0.2) is 8.78 Å². The van der Waals surface area contributed by atoms with Gasteiger partial charge in [-0.2, -0.15) is 0 Å². The molecule has 1 unspecified atom stereocenters. The summed E-state index contributed by atoms with van der Waals surface area (Å²) in [6.45, 7) is 6.52. The van der Waals surface area contributed by atoms with E-state index in [4.69, 9.17) is 9.47 Å². The van der Waals surface area contributed by atoms with Crippen LogP contribution in [0.5, 0.6) is 0 Å². The summed E-state index contributed by atoms with van der Waals surface area (Å²) in [7, 11) is 0. The lowest BCUT2D eigenvalue weighted by Crippen LogP contribution is -2.42. The van der Waals surface area contributed by atoms with Gasteiger partial charge in [0.1, 0.15) is 0 Å². The minimum Gasteiger partial charge on any atom is -0.343 e. The zero-order valence-corrected chi connectivity index (χ0v) is 19.0. The largest absolute Gasteiger partial charge is 0.343 e. The van der Waals surface area contributed by atoms with Gasteiger partial charge in [-0.15, -0.1) is 0 Å². The Morgan fingerprint density at radius 1 is 0.774 bits per heavy atom. The summed E-state index contributed by atoms with van der Waals surface area (Å²) in [5.41, 5.74) is 2.27. The van der Waals surface area contributed by atoms with Gasteiger partial charge >= 0.3 is 0 Å². The molecule has 0 aliphatic carbocycles. The van der Waals surface area contributed by atoms with Crippen LogP contribution < -0.4 is 0 Å². The van der Waals surface area contributed by atoms with Gasteiger partial charge in [-0.1, -0.05) is 75.8 Å². The normalized spacial score (nSPS) is 12.8. The van der Waals surface area contributed by atoms with E-state index in [0.29, 0.717) is 18.8 Å². The second kappa shape index (κ2) is 12.9. The summed E-state index contributed by atoms with van der Waals surface area (Å²) in [4.78, 5) is 0. The van der Waals surface area contributed by atoms with E-state index in [0.717, 1.165) is 36.5 Å². The fourth-order valence-electron chi connectivity index (χ4n) is 3.93. The smallest absolute Gasteiger partial charge is 0.287 e. The van der Waals surface area contributed by atoms with Crippen molar-refractivity contribution in [1.82, 2.24) is 0 Å². The quantitative estimate of drug-likeness (QED) is 0.253. The summed E-state index contributed by atoms with van der Waals surface area (Å²) in [6, 6.07) is 11.4. The first-order valence-electron chi connectivity index (χ1n) is 11.5. The van der Waals surface area contributed by atoms with E-state index in [1.807, 2.05) is 38.1 Å². The van der Waals surface area contributed by atoms with Crippen molar-refractivity contribution >= 4 is 0 Å². The minimum absolute atomic E-state index is 0.330. The van der Waals surface area contributed by atoms with E-state index >= 15 is 0 Å². The molecule has 3 nitrogen and oxygen atoms in total. The number of unbranched alkanes of at least 4 members (excludes halogenated alkanes) is 5. The molecular formula is C26H36F2O3. The summed E-state index contributed by atoms with van der Waals surface area (Å²) < 4.78 is 38.2. The van der Waals surface area contributed by atoms with Crippen LogP contribution in [0.15, 0.2) is 42.5 Å². The first-order valence-corrected chi connectivity index (χ1v) is 11.5. The molecule has 0 heterocycles. The Bertz CT molecular complexity index is 771. The van der Waals surface area contributed by atoms with Crippen LogP contribution in [0, 0.1) is 11.6 Å². The Morgan fingerprint density at radius 3 is 1.94 bits per heavy atom. The monoisotopic (exact) mass is 434 g/mol. The van der Waals surface area contributed by atoms with Crippen LogP contribution in [0.4, 0.5) is 8.78 Å². The van der Waals surface area contributed by atoms with E-state index in [9.17, 15) is 13.9 Å². The maximum Gasteiger partial charge on any atom is 0.287 e. The lowest BCUT2D eigenvalue weighted by Gasteiger charge is -2.35. The van der Waals surface area contributed by atoms with Crippen LogP contribution in [0.2, 0.25) is 0 Å². The van der Waals surface area contributed by atoms with Gasteiger partial charge in [0, 0.05) is 13.2 Å². The number of hydrogen-bond acceptors (Lipinski definition) is 3. The van der Waals surface area contributed by atoms with Crippen molar-refractivity contribution < 1.29 is 23.4 Å². The maximum atomic E-state index is 13.6. The van der Waals surface area contributed by atoms with Gasteiger partial charge < -0.3 is 14.6 Å². The third-order valence-corrected chi connectivity index (χ3v) is 5.55. The Hall–Kier alpha value is -1.82. The topological polar surface area (TPSA) is 38.7 Å². The molecule has 0 amide bonds. The highest BCUT2D eigenvalue weighted by Crippen LogP contribution is 2.36. The fraction of sp³-hybridized carbons (Fsp3) is 0.538. The number of hydrogen-bond donors (Lipinski definition) is 1. The molecule has 1 atom stereocenters. The first-order chi connectivity index (χ1) is 14.9. The van der Waals surface area contributed by atoms with Crippen molar-refractivity contribution in [1.29, 1.82) is 0 Å². The highest BCUT2D eigenvalue weighted by molar-refractivity contribution is 5.63. The van der Waals surface area contributed by atoms with E-state index < -0.39 is 17.6 Å². The van der Waals surface area contributed by atoms with Crippen LogP contribution in [-0.2, 0) is 9.47 Å². The van der Waals surface area contributed by atoms with E-state index in [1.54, 1.807) is 6.07 Å². The molecule has 0 aliphatic heterocycles. The first kappa shape index (κ1) is 25.4. The summed E-state index contributed by atoms with van der Waals surface area (Å²) >= 11 is 0. The molecule has 0 aromatic heterocycles. The average molecular weight is 435 g/mol. The van der Waals surface area contributed by atoms with Gasteiger partial charge in [-0.05, 0) is 49.1 Å². The predicted molar refractivity (Wildman–Crippen MR) is 121 cm³/mol. The second-order valence-corrected chi connectivity index (χ2v) is 7.86. The molecule has 0 bridgehead atoms. The maximum absolute atomic E-state index is 13.6. The second-order valence-electron chi connectivity index (χ2n) is 7.86. The summed E-state index contributed by atoms with van der Waals surface area (Å²) in [5.74, 6) is -3.78. The minimum atomic E-state index is -1.70. The van der Waals surface area contributed by atoms with Gasteiger partial charge in [0.2, 0.25) is 0 Å². The predicted octanol–water partition coefficient (Wildman–Crippen LogP) is 7.19. The SMILES string of the molecule is CCCCCCCCC(c1ccc(-c2ccc(F)c(F)c2)cc1)C(O)(OCC)OCC. The highest BCUT2D eigenvalue weighted by atomic mass is 19.2. The van der Waals surface area contributed by atoms with Crippen LogP contribution in [0.3, 0.4) is 0 Å². The Morgan fingerprint density at radius 2 is 1.35 bits per heavy atom. The highest BCUT2D eigenvalue weighted by Gasteiger charge is 2.39. The van der Waals surface area contributed by atoms with Gasteiger partial charge in [0.15, 0.2) is 11.6 Å². The van der Waals surface area contributed by atoms with E-state index in [-0.39, 0.29) is 5.92 Å². The van der Waals surface area contributed by atoms with Crippen molar-refractivity contribution in [3.63, 3.8) is 0 Å². The van der Waals surface area contributed by atoms with Crippen molar-refractivity contribution in [2.45, 2.75) is 77.6 Å². The zero-order valence-electron chi connectivity index (χ0n) is 19.0. The van der Waals surface area contributed by atoms with Crippen molar-refractivity contribution in [3.8, 4) is 11.1 Å². The number of rotatable bonds is 14. The average Bonchev–Trinajstić information content (AvgIpc) is 2.75. The molecule has 0 saturated carbocycles. The molecule has 2 aromatic carbocycles. The Kier molecular flexibility index (Phi) is 10.6. The number of benzene rings is 2. The molecule has 0 saturated heterocycles. The third-order valence-electron chi connectivity index (χ3n) is 5.55. The standard InChI is InChI=1S/C26H36F2O3/c1-4-7-8-9-10-11-12-23(26(29,30-5-2)31-6-3)21-15-13-20(14-16-21)22-17-18-24(27)25(28)19-22/h13-19,23,29H,4-12H2,1-3H3. The van der Waals surface area contributed by atoms with Gasteiger partial charge in [0.05, 0.1) is 5.92 Å². The fourth-order valence-corrected chi connectivity index (χ4v) is 3.93. The van der Waals surface area contributed by atoms with Crippen LogP contribution in [0.1, 0.15) is 77.2 Å². The van der Waals surface area contributed by atoms with E-state index in [1.165, 1.54) is 31.7 Å². The summed E-state index contributed by atoms with van der Waals surface area (Å²) in [6.07, 6.45) is 7.65. The number of aliphatic hydroxyl groups is 1. The van der Waals surface area contributed by atoms with Gasteiger partial charge in [0.25, 0.3) is 5.97 Å². The van der Waals surface area contributed by atoms with Crippen molar-refractivity contribution in [2.24, 2.45) is 0 Å². The lowest BCUT2D eigenvalue weighted by molar-refractivity contribution is -0.370. The van der Waals surface area contributed by atoms with Gasteiger partial charge in [-0.3, -0.25) is 0 Å². The Balaban J connectivity index is 2.21. The summed E-state index contributed by atoms with van der Waals surface area (Å²) in [5, 5.41) is 11.2. The van der Waals surface area contributed by atoms with Crippen LogP contribution >= 0.6 is 0 Å². The zero-order chi connectivity index (χ0) is 22.7. The van der Waals surface area contributed by atoms with Crippen molar-refractivity contribution in [3.05, 3.63) is 59.7 Å². The molecule has 0 spiro atoms. The lowest BCUT2D eigenvalue weighted by atomic mass is 9.89.